The Morgan fingerprint density at radius 1 is 1.42 bits per heavy atom. The normalized spacial score (nSPS) is 10.0. The van der Waals surface area contributed by atoms with Gasteiger partial charge in [-0.15, -0.1) is 0 Å². The lowest BCUT2D eigenvalue weighted by molar-refractivity contribution is 0.281. The van der Waals surface area contributed by atoms with Crippen LogP contribution in [0.15, 0.2) is 18.2 Å². The van der Waals surface area contributed by atoms with E-state index in [9.17, 15) is 5.02 Å². The van der Waals surface area contributed by atoms with Crippen LogP contribution >= 0.6 is 0 Å². The van der Waals surface area contributed by atoms with Crippen LogP contribution in [-0.2, 0) is 4.76 Å². The third-order valence-corrected chi connectivity index (χ3v) is 1.83. The molecule has 0 spiro atoms. The molecule has 0 aliphatic heterocycles. The number of hydrogen-bond donors (Lipinski definition) is 2. The van der Waals surface area contributed by atoms with Crippen molar-refractivity contribution in [1.82, 2.24) is 0 Å². The SMILES string of the molecule is Cc1ccc(C)c(B(O)ON)c1. The van der Waals surface area contributed by atoms with Crippen LogP contribution in [0, 0.1) is 13.8 Å². The van der Waals surface area contributed by atoms with Crippen molar-refractivity contribution in [1.29, 1.82) is 0 Å². The highest BCUT2D eigenvalue weighted by Gasteiger charge is 2.17. The zero-order valence-corrected chi connectivity index (χ0v) is 7.24. The summed E-state index contributed by atoms with van der Waals surface area (Å²) >= 11 is 0. The average Bonchev–Trinajstić information content (AvgIpc) is 2.08. The molecule has 1 aromatic rings. The third kappa shape index (κ3) is 1.85. The smallest absolute Gasteiger partial charge is 0.422 e. The molecule has 4 heteroatoms. The first-order chi connectivity index (χ1) is 5.65. The molecule has 1 rings (SSSR count). The van der Waals surface area contributed by atoms with E-state index in [1.54, 1.807) is 0 Å². The molecule has 12 heavy (non-hydrogen) atoms. The Balaban J connectivity index is 3.04. The Labute approximate surface area is 72.3 Å². The summed E-state index contributed by atoms with van der Waals surface area (Å²) < 4.78 is 4.33. The van der Waals surface area contributed by atoms with Gasteiger partial charge in [-0.25, -0.2) is 5.90 Å². The molecular weight excluding hydrogens is 153 g/mol. The van der Waals surface area contributed by atoms with Gasteiger partial charge in [0.1, 0.15) is 0 Å². The van der Waals surface area contributed by atoms with Crippen molar-refractivity contribution in [3.05, 3.63) is 29.3 Å². The Morgan fingerprint density at radius 2 is 2.08 bits per heavy atom. The van der Waals surface area contributed by atoms with E-state index in [4.69, 9.17) is 5.90 Å². The molecular formula is C8H12BNO2. The van der Waals surface area contributed by atoms with Gasteiger partial charge in [0.05, 0.1) is 0 Å². The molecule has 0 saturated heterocycles. The number of rotatable bonds is 2. The van der Waals surface area contributed by atoms with Gasteiger partial charge < -0.3 is 9.78 Å². The molecule has 0 saturated carbocycles. The van der Waals surface area contributed by atoms with Crippen LogP contribution in [0.3, 0.4) is 0 Å². The Morgan fingerprint density at radius 3 is 2.67 bits per heavy atom. The van der Waals surface area contributed by atoms with E-state index in [1.165, 1.54) is 0 Å². The fraction of sp³-hybridized carbons (Fsp3) is 0.250. The number of benzene rings is 1. The molecule has 3 nitrogen and oxygen atoms in total. The van der Waals surface area contributed by atoms with Crippen molar-refractivity contribution in [3.63, 3.8) is 0 Å². The minimum absolute atomic E-state index is 0.720. The number of nitrogens with two attached hydrogens (primary N) is 1. The lowest BCUT2D eigenvalue weighted by atomic mass is 9.76. The first-order valence-electron chi connectivity index (χ1n) is 3.76. The summed E-state index contributed by atoms with van der Waals surface area (Å²) in [5.74, 6) is 4.87. The van der Waals surface area contributed by atoms with Crippen LogP contribution in [0.5, 0.6) is 0 Å². The molecule has 0 aliphatic rings. The maximum atomic E-state index is 9.29. The first kappa shape index (κ1) is 9.25. The van der Waals surface area contributed by atoms with E-state index < -0.39 is 7.12 Å². The van der Waals surface area contributed by atoms with Gasteiger partial charge in [-0.3, -0.25) is 0 Å². The van der Waals surface area contributed by atoms with E-state index in [2.05, 4.69) is 4.76 Å². The van der Waals surface area contributed by atoms with Crippen molar-refractivity contribution >= 4 is 12.6 Å². The number of hydrogen-bond acceptors (Lipinski definition) is 3. The Kier molecular flexibility index (Phi) is 2.86. The third-order valence-electron chi connectivity index (χ3n) is 1.83. The lowest BCUT2D eigenvalue weighted by Crippen LogP contribution is -2.37. The van der Waals surface area contributed by atoms with Gasteiger partial charge in [-0.1, -0.05) is 29.3 Å². The van der Waals surface area contributed by atoms with Gasteiger partial charge in [-0.2, -0.15) is 0 Å². The molecule has 0 bridgehead atoms. The molecule has 0 radical (unpaired) electrons. The summed E-state index contributed by atoms with van der Waals surface area (Å²) in [4.78, 5) is 0. The molecule has 1 aromatic carbocycles. The molecule has 0 aliphatic carbocycles. The van der Waals surface area contributed by atoms with E-state index in [-0.39, 0.29) is 0 Å². The Hall–Kier alpha value is -0.835. The van der Waals surface area contributed by atoms with Crippen molar-refractivity contribution < 1.29 is 9.78 Å². The van der Waals surface area contributed by atoms with E-state index >= 15 is 0 Å². The monoisotopic (exact) mass is 165 g/mol. The van der Waals surface area contributed by atoms with Crippen molar-refractivity contribution in [2.24, 2.45) is 5.90 Å². The topological polar surface area (TPSA) is 55.5 Å². The standard InChI is InChI=1S/C8H12BNO2/c1-6-3-4-7(2)8(5-6)9(11)12-10/h3-5,11H,10H2,1-2H3. The zero-order valence-electron chi connectivity index (χ0n) is 7.24. The summed E-state index contributed by atoms with van der Waals surface area (Å²) in [6.07, 6.45) is 0. The highest BCUT2D eigenvalue weighted by Crippen LogP contribution is 2.00. The molecule has 0 heterocycles. The van der Waals surface area contributed by atoms with Gasteiger partial charge >= 0.3 is 7.12 Å². The molecule has 3 N–H and O–H groups in total. The highest BCUT2D eigenvalue weighted by atomic mass is 16.6. The van der Waals surface area contributed by atoms with Gasteiger partial charge in [0.15, 0.2) is 0 Å². The summed E-state index contributed by atoms with van der Waals surface area (Å²) in [5.41, 5.74) is 2.77. The minimum Gasteiger partial charge on any atom is -0.422 e. The first-order valence-corrected chi connectivity index (χ1v) is 3.76. The summed E-state index contributed by atoms with van der Waals surface area (Å²) in [6.45, 7) is 3.85. The molecule has 0 aromatic heterocycles. The minimum atomic E-state index is -1.02. The second-order valence-corrected chi connectivity index (χ2v) is 2.85. The van der Waals surface area contributed by atoms with E-state index in [0.29, 0.717) is 0 Å². The van der Waals surface area contributed by atoms with Crippen LogP contribution in [0.25, 0.3) is 0 Å². The van der Waals surface area contributed by atoms with E-state index in [1.807, 2.05) is 32.0 Å². The van der Waals surface area contributed by atoms with Gasteiger partial charge in [0, 0.05) is 0 Å². The fourth-order valence-electron chi connectivity index (χ4n) is 1.10. The highest BCUT2D eigenvalue weighted by molar-refractivity contribution is 6.60. The van der Waals surface area contributed by atoms with Crippen LogP contribution in [0.2, 0.25) is 0 Å². The predicted octanol–water partition coefficient (Wildman–Crippen LogP) is -0.119. The molecule has 0 amide bonds. The molecule has 0 atom stereocenters. The average molecular weight is 165 g/mol. The van der Waals surface area contributed by atoms with Gasteiger partial charge in [0.2, 0.25) is 0 Å². The van der Waals surface area contributed by atoms with Crippen molar-refractivity contribution in [2.75, 3.05) is 0 Å². The summed E-state index contributed by atoms with van der Waals surface area (Å²) in [5, 5.41) is 9.29. The second-order valence-electron chi connectivity index (χ2n) is 2.85. The quantitative estimate of drug-likeness (QED) is 0.474. The van der Waals surface area contributed by atoms with Crippen LogP contribution in [-0.4, -0.2) is 12.1 Å². The zero-order chi connectivity index (χ0) is 9.14. The summed E-state index contributed by atoms with van der Waals surface area (Å²) in [7, 11) is -1.02. The van der Waals surface area contributed by atoms with Gasteiger partial charge in [-0.05, 0) is 19.3 Å². The Bertz CT molecular complexity index is 278. The largest absolute Gasteiger partial charge is 0.508 e. The van der Waals surface area contributed by atoms with Crippen LogP contribution in [0.4, 0.5) is 0 Å². The summed E-state index contributed by atoms with van der Waals surface area (Å²) in [6, 6.07) is 5.75. The molecule has 0 unspecified atom stereocenters. The lowest BCUT2D eigenvalue weighted by Gasteiger charge is -2.07. The number of aryl methyl sites for hydroxylation is 2. The second kappa shape index (κ2) is 3.71. The van der Waals surface area contributed by atoms with E-state index in [0.717, 1.165) is 16.6 Å². The predicted molar refractivity (Wildman–Crippen MR) is 48.8 cm³/mol. The van der Waals surface area contributed by atoms with Crippen LogP contribution in [0.1, 0.15) is 11.1 Å². The maximum Gasteiger partial charge on any atom is 0.508 e. The fourth-order valence-corrected chi connectivity index (χ4v) is 1.10. The molecule has 64 valence electrons. The van der Waals surface area contributed by atoms with Crippen LogP contribution < -0.4 is 11.4 Å². The maximum absolute atomic E-state index is 9.29. The van der Waals surface area contributed by atoms with Crippen molar-refractivity contribution in [2.45, 2.75) is 13.8 Å². The molecule has 0 fully saturated rings. The van der Waals surface area contributed by atoms with Crippen molar-refractivity contribution in [3.8, 4) is 0 Å². The van der Waals surface area contributed by atoms with Gasteiger partial charge in [0.25, 0.3) is 0 Å².